The van der Waals surface area contributed by atoms with Gasteiger partial charge in [0.1, 0.15) is 13.2 Å². The molecule has 9 heteroatoms. The molecule has 0 rings (SSSR count). The average Bonchev–Trinajstić information content (AvgIpc) is 2.95. The molecule has 0 fully saturated rings. The number of phosphoric ester groups is 1. The molecule has 0 heterocycles. The summed E-state index contributed by atoms with van der Waals surface area (Å²) in [4.78, 5) is 22.6. The number of unbranched alkanes of at least 4 members (excludes halogenated alkanes) is 2. The van der Waals surface area contributed by atoms with Gasteiger partial charge in [0.25, 0.3) is 0 Å². The van der Waals surface area contributed by atoms with Crippen LogP contribution < -0.4 is 5.32 Å². The number of carbonyl (C=O) groups is 1. The van der Waals surface area contributed by atoms with Crippen LogP contribution in [0.25, 0.3) is 0 Å². The number of hydrogen-bond donors (Lipinski definition) is 3. The molecule has 252 valence electrons. The van der Waals surface area contributed by atoms with E-state index in [0.29, 0.717) is 23.9 Å². The molecule has 8 nitrogen and oxygen atoms in total. The van der Waals surface area contributed by atoms with E-state index >= 15 is 0 Å². The molecular weight excluding hydrogens is 575 g/mol. The minimum absolute atomic E-state index is 0.0549. The summed E-state index contributed by atoms with van der Waals surface area (Å²) < 4.78 is 23.1. The Hall–Kier alpha value is -2.06. The number of aliphatic hydroxyl groups excluding tert-OH is 1. The summed E-state index contributed by atoms with van der Waals surface area (Å²) in [7, 11) is 1.54. The van der Waals surface area contributed by atoms with E-state index in [1.807, 2.05) is 33.3 Å². The van der Waals surface area contributed by atoms with E-state index in [-0.39, 0.29) is 25.5 Å². The van der Waals surface area contributed by atoms with E-state index in [4.69, 9.17) is 9.05 Å². The SMILES string of the molecule is CC/C=C\C/C=C\C/C=C\C/C=C\C/C=C\C/C=C\CCC(=O)NC(COP(=O)(O)OCC[N+](C)(C)C)C(O)CCCCC. The number of carbonyl (C=O) groups excluding carboxylic acids is 1. The molecule has 1 amide bonds. The van der Waals surface area contributed by atoms with Crippen molar-refractivity contribution in [1.82, 2.24) is 5.32 Å². The molecule has 3 N–H and O–H groups in total. The molecule has 0 aromatic rings. The first-order chi connectivity index (χ1) is 21.0. The second kappa shape index (κ2) is 27.3. The zero-order valence-corrected chi connectivity index (χ0v) is 29.0. The number of quaternary nitrogens is 1. The molecule has 44 heavy (non-hydrogen) atoms. The van der Waals surface area contributed by atoms with E-state index in [1.165, 1.54) is 0 Å². The van der Waals surface area contributed by atoms with Gasteiger partial charge >= 0.3 is 7.82 Å². The smallest absolute Gasteiger partial charge is 0.391 e. The molecule has 0 saturated carbocycles. The van der Waals surface area contributed by atoms with Gasteiger partial charge in [0.2, 0.25) is 5.91 Å². The Morgan fingerprint density at radius 2 is 1.30 bits per heavy atom. The summed E-state index contributed by atoms with van der Waals surface area (Å²) in [5, 5.41) is 13.4. The van der Waals surface area contributed by atoms with Gasteiger partial charge in [-0.15, -0.1) is 0 Å². The molecule has 0 aliphatic carbocycles. The van der Waals surface area contributed by atoms with Crippen LogP contribution in [0.2, 0.25) is 0 Å². The summed E-state index contributed by atoms with van der Waals surface area (Å²) in [6, 6.07) is -0.799. The van der Waals surface area contributed by atoms with E-state index in [9.17, 15) is 19.4 Å². The number of hydrogen-bond acceptors (Lipinski definition) is 5. The van der Waals surface area contributed by atoms with Crippen molar-refractivity contribution in [3.63, 3.8) is 0 Å². The van der Waals surface area contributed by atoms with E-state index in [1.54, 1.807) is 0 Å². The molecule has 0 aliphatic heterocycles. The van der Waals surface area contributed by atoms with Gasteiger partial charge in [-0.05, 0) is 51.4 Å². The Morgan fingerprint density at radius 3 is 1.77 bits per heavy atom. The fourth-order valence-electron chi connectivity index (χ4n) is 3.83. The topological polar surface area (TPSA) is 105 Å². The van der Waals surface area contributed by atoms with Gasteiger partial charge in [0.15, 0.2) is 0 Å². The van der Waals surface area contributed by atoms with Crippen LogP contribution in [0.1, 0.15) is 90.9 Å². The van der Waals surface area contributed by atoms with Gasteiger partial charge in [-0.1, -0.05) is 106 Å². The second-order valence-corrected chi connectivity index (χ2v) is 13.3. The van der Waals surface area contributed by atoms with Gasteiger partial charge < -0.3 is 19.8 Å². The Balaban J connectivity index is 4.40. The molecule has 3 atom stereocenters. The minimum Gasteiger partial charge on any atom is -0.391 e. The maximum absolute atomic E-state index is 12.6. The monoisotopic (exact) mass is 637 g/mol. The normalized spacial score (nSPS) is 15.9. The number of nitrogens with zero attached hydrogens (tertiary/aromatic N) is 1. The zero-order valence-electron chi connectivity index (χ0n) is 28.1. The summed E-state index contributed by atoms with van der Waals surface area (Å²) in [5.41, 5.74) is 0. The van der Waals surface area contributed by atoms with Gasteiger partial charge in [0.05, 0.1) is 39.9 Å². The van der Waals surface area contributed by atoms with Crippen LogP contribution in [0.15, 0.2) is 72.9 Å². The van der Waals surface area contributed by atoms with Crippen LogP contribution in [0.4, 0.5) is 0 Å². The molecule has 0 aromatic carbocycles. The van der Waals surface area contributed by atoms with Gasteiger partial charge in [-0.3, -0.25) is 13.8 Å². The van der Waals surface area contributed by atoms with Crippen molar-refractivity contribution in [1.29, 1.82) is 0 Å². The summed E-state index contributed by atoms with van der Waals surface area (Å²) in [6.07, 6.45) is 34.5. The Kier molecular flexibility index (Phi) is 26.0. The molecule has 0 bridgehead atoms. The van der Waals surface area contributed by atoms with Crippen molar-refractivity contribution < 1.29 is 32.9 Å². The quantitative estimate of drug-likeness (QED) is 0.0369. The summed E-state index contributed by atoms with van der Waals surface area (Å²) in [6.45, 7) is 4.49. The van der Waals surface area contributed by atoms with Gasteiger partial charge in [-0.25, -0.2) is 4.57 Å². The number of likely N-dealkylation sites (N-methyl/N-ethyl adjacent to an activating group) is 1. The third kappa shape index (κ3) is 28.7. The molecule has 0 spiro atoms. The third-order valence-corrected chi connectivity index (χ3v) is 7.47. The zero-order chi connectivity index (χ0) is 32.9. The standard InChI is InChI=1S/C35H61N2O6P/c1-6-8-10-11-12-13-14-15-16-17-18-19-20-21-22-23-24-25-27-29-35(39)36-33(34(38)28-26-9-7-2)32-43-44(40,41)42-31-30-37(3,4)5/h8,10,12-13,15-16,18-19,21-22,24-25,33-34,38H,6-7,9,11,14,17,20,23,26-32H2,1-5H3,(H-,36,39,40,41)/p+1/b10-8-,13-12-,16-15-,19-18-,22-21-,25-24-. The Bertz CT molecular complexity index is 949. The highest BCUT2D eigenvalue weighted by atomic mass is 31.2. The molecule has 0 aliphatic rings. The van der Waals surface area contributed by atoms with Crippen LogP contribution in [-0.2, 0) is 18.4 Å². The number of rotatable bonds is 27. The van der Waals surface area contributed by atoms with Crippen molar-refractivity contribution in [3.05, 3.63) is 72.9 Å². The summed E-state index contributed by atoms with van der Waals surface area (Å²) in [5.74, 6) is -0.244. The summed E-state index contributed by atoms with van der Waals surface area (Å²) >= 11 is 0. The minimum atomic E-state index is -4.31. The van der Waals surface area contributed by atoms with Crippen molar-refractivity contribution in [2.24, 2.45) is 0 Å². The first kappa shape index (κ1) is 41.9. The predicted octanol–water partition coefficient (Wildman–Crippen LogP) is 7.73. The number of amides is 1. The van der Waals surface area contributed by atoms with E-state index in [0.717, 1.165) is 57.8 Å². The Morgan fingerprint density at radius 1 is 0.795 bits per heavy atom. The molecule has 3 unspecified atom stereocenters. The predicted molar refractivity (Wildman–Crippen MR) is 184 cm³/mol. The number of allylic oxidation sites excluding steroid dienone is 12. The van der Waals surface area contributed by atoms with E-state index < -0.39 is 20.0 Å². The van der Waals surface area contributed by atoms with E-state index in [2.05, 4.69) is 79.9 Å². The molecule has 0 aromatic heterocycles. The first-order valence-electron chi connectivity index (χ1n) is 16.3. The van der Waals surface area contributed by atoms with Gasteiger partial charge in [0, 0.05) is 6.42 Å². The van der Waals surface area contributed by atoms with Crippen molar-refractivity contribution in [2.75, 3.05) is 40.9 Å². The Labute approximate surface area is 268 Å². The van der Waals surface area contributed by atoms with Crippen LogP contribution in [0.3, 0.4) is 0 Å². The van der Waals surface area contributed by atoms with Gasteiger partial charge in [-0.2, -0.15) is 0 Å². The maximum Gasteiger partial charge on any atom is 0.472 e. The average molecular weight is 638 g/mol. The van der Waals surface area contributed by atoms with Crippen LogP contribution in [-0.4, -0.2) is 73.4 Å². The first-order valence-corrected chi connectivity index (χ1v) is 17.8. The van der Waals surface area contributed by atoms with Crippen molar-refractivity contribution >= 4 is 13.7 Å². The lowest BCUT2D eigenvalue weighted by Crippen LogP contribution is -2.46. The maximum atomic E-state index is 12.6. The fourth-order valence-corrected chi connectivity index (χ4v) is 4.56. The highest BCUT2D eigenvalue weighted by molar-refractivity contribution is 7.47. The van der Waals surface area contributed by atoms with Crippen molar-refractivity contribution in [3.8, 4) is 0 Å². The lowest BCUT2D eigenvalue weighted by molar-refractivity contribution is -0.870. The largest absolute Gasteiger partial charge is 0.472 e. The van der Waals surface area contributed by atoms with Crippen LogP contribution >= 0.6 is 7.82 Å². The third-order valence-electron chi connectivity index (χ3n) is 6.48. The molecule has 0 radical (unpaired) electrons. The molecule has 0 saturated heterocycles. The molecular formula is C35H62N2O6P+. The number of aliphatic hydroxyl groups is 1. The fraction of sp³-hybridized carbons (Fsp3) is 0.629. The van der Waals surface area contributed by atoms with Crippen molar-refractivity contribution in [2.45, 2.75) is 103 Å². The van der Waals surface area contributed by atoms with Crippen LogP contribution in [0, 0.1) is 0 Å². The highest BCUT2D eigenvalue weighted by Crippen LogP contribution is 2.43. The lowest BCUT2D eigenvalue weighted by atomic mass is 10.0. The highest BCUT2D eigenvalue weighted by Gasteiger charge is 2.28. The number of phosphoric acid groups is 1. The number of nitrogens with one attached hydrogen (secondary N) is 1. The van der Waals surface area contributed by atoms with Crippen LogP contribution in [0.5, 0.6) is 0 Å². The second-order valence-electron chi connectivity index (χ2n) is 11.8. The lowest BCUT2D eigenvalue weighted by Gasteiger charge is -2.26.